The summed E-state index contributed by atoms with van der Waals surface area (Å²) in [4.78, 5) is 32.1. The molecule has 0 aliphatic carbocycles. The van der Waals surface area contributed by atoms with Gasteiger partial charge in [-0.15, -0.1) is 5.10 Å². The van der Waals surface area contributed by atoms with Crippen molar-refractivity contribution in [3.05, 3.63) is 53.4 Å². The monoisotopic (exact) mass is 510 g/mol. The number of morpholine rings is 1. The molecule has 0 radical (unpaired) electrons. The first-order valence-corrected chi connectivity index (χ1v) is 11.5. The molecule has 4 aromatic rings. The lowest BCUT2D eigenvalue weighted by atomic mass is 10.1. The maximum Gasteiger partial charge on any atom is 0.263 e. The van der Waals surface area contributed by atoms with E-state index in [9.17, 15) is 9.59 Å². The second kappa shape index (κ2) is 9.84. The van der Waals surface area contributed by atoms with Crippen LogP contribution >= 0.6 is 11.6 Å². The maximum atomic E-state index is 13.3. The molecule has 3 N–H and O–H groups in total. The van der Waals surface area contributed by atoms with Crippen LogP contribution in [0.4, 0.5) is 11.5 Å². The molecule has 0 saturated carbocycles. The van der Waals surface area contributed by atoms with Crippen molar-refractivity contribution in [2.45, 2.75) is 6.54 Å². The molecule has 36 heavy (non-hydrogen) atoms. The smallest absolute Gasteiger partial charge is 0.263 e. The van der Waals surface area contributed by atoms with Gasteiger partial charge in [-0.05, 0) is 24.3 Å². The molecule has 0 atom stereocenters. The summed E-state index contributed by atoms with van der Waals surface area (Å²) in [6.45, 7) is 1.99. The van der Waals surface area contributed by atoms with Crippen LogP contribution in [-0.4, -0.2) is 74.5 Å². The van der Waals surface area contributed by atoms with Crippen molar-refractivity contribution in [3.63, 3.8) is 0 Å². The second-order valence-corrected chi connectivity index (χ2v) is 8.47. The fraction of sp³-hybridized carbons (Fsp3) is 0.261. The number of methoxy groups -OCH3 is 1. The third kappa shape index (κ3) is 4.55. The molecule has 5 rings (SSSR count). The van der Waals surface area contributed by atoms with Crippen molar-refractivity contribution in [2.24, 2.45) is 0 Å². The minimum Gasteiger partial charge on any atom is -0.496 e. The lowest BCUT2D eigenvalue weighted by Crippen LogP contribution is -2.42. The maximum absolute atomic E-state index is 13.3. The highest BCUT2D eigenvalue weighted by Gasteiger charge is 2.24. The number of rotatable bonds is 6. The number of hydrogen-bond acceptors (Lipinski definition) is 8. The van der Waals surface area contributed by atoms with E-state index in [0.29, 0.717) is 59.7 Å². The van der Waals surface area contributed by atoms with Gasteiger partial charge in [0.1, 0.15) is 23.6 Å². The second-order valence-electron chi connectivity index (χ2n) is 8.03. The Hall–Kier alpha value is -4.16. The molecule has 1 aromatic carbocycles. The van der Waals surface area contributed by atoms with E-state index < -0.39 is 5.91 Å². The Morgan fingerprint density at radius 1 is 1.25 bits per heavy atom. The standard InChI is InChI=1S/C23H23ClN8O4/c1-35-17-4-3-14(24)11-15(17)20-16(12-31(28-20)13-18(33)30-7-9-36-10-8-30)27-23(34)19-21(25)29-32-6-2-5-26-22(19)32/h2-6,11-12H,7-10,13H2,1H3,(H2,25,29)(H,27,34). The molecular formula is C23H23ClN8O4. The van der Waals surface area contributed by atoms with E-state index >= 15 is 0 Å². The van der Waals surface area contributed by atoms with E-state index in [1.165, 1.54) is 16.3 Å². The number of ether oxygens (including phenoxy) is 2. The van der Waals surface area contributed by atoms with Crippen LogP contribution in [0.3, 0.4) is 0 Å². The summed E-state index contributed by atoms with van der Waals surface area (Å²) in [5, 5.41) is 12.1. The van der Waals surface area contributed by atoms with Gasteiger partial charge >= 0.3 is 0 Å². The number of anilines is 2. The van der Waals surface area contributed by atoms with Crippen molar-refractivity contribution < 1.29 is 19.1 Å². The Labute approximate surface area is 210 Å². The van der Waals surface area contributed by atoms with Gasteiger partial charge in [-0.2, -0.15) is 5.10 Å². The molecule has 1 saturated heterocycles. The number of amides is 2. The van der Waals surface area contributed by atoms with Gasteiger partial charge in [-0.1, -0.05) is 11.6 Å². The van der Waals surface area contributed by atoms with Crippen molar-refractivity contribution in [1.29, 1.82) is 0 Å². The molecule has 13 heteroatoms. The summed E-state index contributed by atoms with van der Waals surface area (Å²) in [6, 6.07) is 6.75. The van der Waals surface area contributed by atoms with Crippen LogP contribution in [0.15, 0.2) is 42.9 Å². The van der Waals surface area contributed by atoms with Gasteiger partial charge < -0.3 is 25.4 Å². The van der Waals surface area contributed by atoms with Gasteiger partial charge in [0, 0.05) is 42.3 Å². The number of carbonyl (C=O) groups is 2. The Balaban J connectivity index is 1.52. The number of nitrogens with one attached hydrogen (secondary N) is 1. The molecule has 2 amide bonds. The highest BCUT2D eigenvalue weighted by molar-refractivity contribution is 6.31. The first kappa shape index (κ1) is 23.6. The number of hydrogen-bond donors (Lipinski definition) is 2. The van der Waals surface area contributed by atoms with Crippen molar-refractivity contribution >= 4 is 40.6 Å². The van der Waals surface area contributed by atoms with E-state index in [4.69, 9.17) is 26.8 Å². The third-order valence-corrected chi connectivity index (χ3v) is 5.97. The predicted molar refractivity (Wildman–Crippen MR) is 132 cm³/mol. The minimum absolute atomic E-state index is 0.0217. The number of nitrogens with two attached hydrogens (primary N) is 1. The van der Waals surface area contributed by atoms with Crippen LogP contribution in [0.1, 0.15) is 10.4 Å². The Morgan fingerprint density at radius 2 is 2.06 bits per heavy atom. The molecule has 1 fully saturated rings. The summed E-state index contributed by atoms with van der Waals surface area (Å²) >= 11 is 6.26. The average Bonchev–Trinajstić information content (AvgIpc) is 3.43. The van der Waals surface area contributed by atoms with Gasteiger partial charge in [0.2, 0.25) is 5.91 Å². The van der Waals surface area contributed by atoms with Gasteiger partial charge in [-0.25, -0.2) is 9.50 Å². The summed E-state index contributed by atoms with van der Waals surface area (Å²) in [5.74, 6) is -0.110. The Kier molecular flexibility index (Phi) is 6.44. The zero-order chi connectivity index (χ0) is 25.2. The number of nitrogens with zero attached hydrogens (tertiary/aromatic N) is 6. The van der Waals surface area contributed by atoms with Gasteiger partial charge in [0.25, 0.3) is 5.91 Å². The fourth-order valence-electron chi connectivity index (χ4n) is 4.02. The van der Waals surface area contributed by atoms with E-state index in [0.717, 1.165) is 0 Å². The Morgan fingerprint density at radius 3 is 2.83 bits per heavy atom. The van der Waals surface area contributed by atoms with Crippen LogP contribution in [-0.2, 0) is 16.1 Å². The lowest BCUT2D eigenvalue weighted by Gasteiger charge is -2.26. The van der Waals surface area contributed by atoms with Gasteiger partial charge in [0.05, 0.1) is 26.0 Å². The number of halogens is 1. The highest BCUT2D eigenvalue weighted by atomic mass is 35.5. The normalized spacial score (nSPS) is 13.7. The molecule has 0 spiro atoms. The van der Waals surface area contributed by atoms with Crippen molar-refractivity contribution in [1.82, 2.24) is 29.3 Å². The fourth-order valence-corrected chi connectivity index (χ4v) is 4.19. The molecule has 12 nitrogen and oxygen atoms in total. The molecule has 0 bridgehead atoms. The molecule has 1 aliphatic heterocycles. The zero-order valence-corrected chi connectivity index (χ0v) is 20.1. The van der Waals surface area contributed by atoms with E-state index in [2.05, 4.69) is 20.5 Å². The summed E-state index contributed by atoms with van der Waals surface area (Å²) in [5.41, 5.74) is 7.71. The summed E-state index contributed by atoms with van der Waals surface area (Å²) < 4.78 is 13.7. The van der Waals surface area contributed by atoms with Gasteiger partial charge in [-0.3, -0.25) is 14.3 Å². The first-order valence-electron chi connectivity index (χ1n) is 11.1. The van der Waals surface area contributed by atoms with E-state index in [1.54, 1.807) is 47.8 Å². The number of fused-ring (bicyclic) bond motifs is 1. The summed E-state index contributed by atoms with van der Waals surface area (Å²) in [6.07, 6.45) is 4.78. The number of carbonyl (C=O) groups excluding carboxylic acids is 2. The van der Waals surface area contributed by atoms with E-state index in [-0.39, 0.29) is 23.8 Å². The first-order chi connectivity index (χ1) is 17.4. The van der Waals surface area contributed by atoms with Crippen LogP contribution in [0.5, 0.6) is 5.75 Å². The van der Waals surface area contributed by atoms with Gasteiger partial charge in [0.15, 0.2) is 11.5 Å². The SMILES string of the molecule is COc1ccc(Cl)cc1-c1nn(CC(=O)N2CCOCC2)cc1NC(=O)c1c(N)nn2cccnc12. The highest BCUT2D eigenvalue weighted by Crippen LogP contribution is 2.36. The Bertz CT molecular complexity index is 1440. The molecule has 0 unspecified atom stereocenters. The predicted octanol–water partition coefficient (Wildman–Crippen LogP) is 1.95. The number of nitrogen functional groups attached to an aromatic ring is 1. The molecule has 186 valence electrons. The van der Waals surface area contributed by atoms with Crippen LogP contribution in [0, 0.1) is 0 Å². The molecular weight excluding hydrogens is 488 g/mol. The minimum atomic E-state index is -0.525. The zero-order valence-electron chi connectivity index (χ0n) is 19.3. The molecule has 4 heterocycles. The van der Waals surface area contributed by atoms with Crippen LogP contribution in [0.2, 0.25) is 5.02 Å². The largest absolute Gasteiger partial charge is 0.496 e. The summed E-state index contributed by atoms with van der Waals surface area (Å²) in [7, 11) is 1.52. The molecule has 3 aromatic heterocycles. The number of benzene rings is 1. The quantitative estimate of drug-likeness (QED) is 0.401. The molecule has 1 aliphatic rings. The number of aromatic nitrogens is 5. The van der Waals surface area contributed by atoms with E-state index in [1.807, 2.05) is 0 Å². The lowest BCUT2D eigenvalue weighted by molar-refractivity contribution is -0.136. The topological polar surface area (TPSA) is 142 Å². The van der Waals surface area contributed by atoms with Crippen LogP contribution < -0.4 is 15.8 Å². The average molecular weight is 511 g/mol. The third-order valence-electron chi connectivity index (χ3n) is 5.74. The van der Waals surface area contributed by atoms with Crippen molar-refractivity contribution in [3.8, 4) is 17.0 Å². The van der Waals surface area contributed by atoms with Crippen LogP contribution in [0.25, 0.3) is 16.9 Å². The van der Waals surface area contributed by atoms with Crippen molar-refractivity contribution in [2.75, 3.05) is 44.5 Å².